The Morgan fingerprint density at radius 1 is 0.246 bits per heavy atom. The van der Waals surface area contributed by atoms with Crippen LogP contribution in [0.3, 0.4) is 0 Å². The smallest absolute Gasteiger partial charge is 0.311 e. The normalized spacial score (nSPS) is 13.1. The van der Waals surface area contributed by atoms with Crippen LogP contribution in [0.2, 0.25) is 0 Å². The molecule has 0 unspecified atom stereocenters. The Hall–Kier alpha value is -6.14. The summed E-state index contributed by atoms with van der Waals surface area (Å²) in [5.41, 5.74) is -12.0. The Kier molecular flexibility index (Phi) is 11.2. The van der Waals surface area contributed by atoms with Crippen LogP contribution >= 0.6 is 0 Å². The molecule has 0 N–H and O–H groups in total. The van der Waals surface area contributed by atoms with Crippen molar-refractivity contribution in [3.8, 4) is 33.4 Å². The van der Waals surface area contributed by atoms with Crippen LogP contribution in [0.15, 0.2) is 127 Å². The lowest BCUT2D eigenvalue weighted by molar-refractivity contribution is -0.144. The van der Waals surface area contributed by atoms with Crippen molar-refractivity contribution in [2.24, 2.45) is 0 Å². The van der Waals surface area contributed by atoms with E-state index in [4.69, 9.17) is 0 Å². The second-order valence-electron chi connectivity index (χ2n) is 13.2. The van der Waals surface area contributed by atoms with E-state index in [2.05, 4.69) is 0 Å². The molecule has 0 aromatic heterocycles. The maximum Gasteiger partial charge on any atom is 0.417 e. The number of hydrogen-bond acceptors (Lipinski definition) is 1. The zero-order valence-corrected chi connectivity index (χ0v) is 29.9. The molecule has 0 radical (unpaired) electrons. The standard InChI is InChI=1S/C42H21F18N/c43-37(44,45)25-7-16-31(34(19-25)40(52,53)54)22-1-10-28(11-2-22)61(29-12-3-23(4-13-29)32-17-8-26(38(46,47)48)20-35(32)41(55,56)57)30-14-5-24(6-15-30)33-18-9-27(39(49,50)51)21-36(33)42(58,59)60/h1-21H. The number of anilines is 3. The van der Waals surface area contributed by atoms with Crippen LogP contribution in [0.4, 0.5) is 96.1 Å². The molecular formula is C42H21F18N. The number of hydrogen-bond donors (Lipinski definition) is 0. The molecule has 0 aliphatic rings. The fraction of sp³-hybridized carbons (Fsp3) is 0.143. The minimum atomic E-state index is -5.25. The summed E-state index contributed by atoms with van der Waals surface area (Å²) >= 11 is 0. The molecule has 1 nitrogen and oxygen atoms in total. The van der Waals surface area contributed by atoms with Gasteiger partial charge in [-0.2, -0.15) is 79.0 Å². The van der Waals surface area contributed by atoms with Crippen molar-refractivity contribution >= 4 is 17.1 Å². The van der Waals surface area contributed by atoms with Crippen molar-refractivity contribution < 1.29 is 79.0 Å². The molecule has 0 saturated carbocycles. The van der Waals surface area contributed by atoms with E-state index >= 15 is 0 Å². The molecule has 0 spiro atoms. The maximum atomic E-state index is 14.0. The fourth-order valence-electron chi connectivity index (χ4n) is 6.44. The summed E-state index contributed by atoms with van der Waals surface area (Å²) in [6.07, 6.45) is -31.1. The van der Waals surface area contributed by atoms with Crippen LogP contribution in [-0.2, 0) is 37.1 Å². The zero-order chi connectivity index (χ0) is 45.1. The molecule has 0 saturated heterocycles. The lowest BCUT2D eigenvalue weighted by Crippen LogP contribution is -2.13. The molecule has 0 aliphatic heterocycles. The van der Waals surface area contributed by atoms with E-state index in [9.17, 15) is 79.0 Å². The van der Waals surface area contributed by atoms with Crippen molar-refractivity contribution in [1.82, 2.24) is 0 Å². The highest BCUT2D eigenvalue weighted by Crippen LogP contribution is 2.46. The molecule has 0 fully saturated rings. The van der Waals surface area contributed by atoms with Crippen LogP contribution in [-0.4, -0.2) is 0 Å². The van der Waals surface area contributed by atoms with Gasteiger partial charge in [-0.15, -0.1) is 0 Å². The predicted octanol–water partition coefficient (Wildman–Crippen LogP) is 16.3. The first-order valence-electron chi connectivity index (χ1n) is 17.0. The average molecular weight is 882 g/mol. The van der Waals surface area contributed by atoms with Crippen LogP contribution in [0.5, 0.6) is 0 Å². The quantitative estimate of drug-likeness (QED) is 0.151. The lowest BCUT2D eigenvalue weighted by atomic mass is 9.95. The predicted molar refractivity (Wildman–Crippen MR) is 187 cm³/mol. The van der Waals surface area contributed by atoms with Crippen LogP contribution in [0, 0.1) is 0 Å². The van der Waals surface area contributed by atoms with Gasteiger partial charge in [-0.3, -0.25) is 0 Å². The first kappa shape index (κ1) is 44.4. The number of nitrogens with zero attached hydrogens (tertiary/aromatic N) is 1. The van der Waals surface area contributed by atoms with Gasteiger partial charge in [-0.25, -0.2) is 0 Å². The third kappa shape index (κ3) is 9.60. The lowest BCUT2D eigenvalue weighted by Gasteiger charge is -2.26. The van der Waals surface area contributed by atoms with E-state index < -0.39 is 87.1 Å². The van der Waals surface area contributed by atoms with E-state index in [1.807, 2.05) is 0 Å². The second kappa shape index (κ2) is 15.4. The molecular weight excluding hydrogens is 860 g/mol. The summed E-state index contributed by atoms with van der Waals surface area (Å²) in [4.78, 5) is 1.30. The van der Waals surface area contributed by atoms with Crippen LogP contribution < -0.4 is 4.90 Å². The third-order valence-electron chi connectivity index (χ3n) is 9.27. The largest absolute Gasteiger partial charge is 0.417 e. The Morgan fingerprint density at radius 3 is 0.639 bits per heavy atom. The number of benzene rings is 6. The van der Waals surface area contributed by atoms with Gasteiger partial charge in [0.25, 0.3) is 0 Å². The summed E-state index contributed by atoms with van der Waals surface area (Å²) in [6, 6.07) is 16.7. The van der Waals surface area contributed by atoms with Gasteiger partial charge in [0.1, 0.15) is 0 Å². The summed E-state index contributed by atoms with van der Waals surface area (Å²) in [7, 11) is 0. The molecule has 61 heavy (non-hydrogen) atoms. The topological polar surface area (TPSA) is 3.24 Å². The molecule has 6 aromatic carbocycles. The van der Waals surface area contributed by atoms with Crippen LogP contribution in [0.1, 0.15) is 33.4 Å². The molecule has 320 valence electrons. The zero-order valence-electron chi connectivity index (χ0n) is 29.9. The van der Waals surface area contributed by atoms with E-state index in [1.54, 1.807) is 0 Å². The summed E-state index contributed by atoms with van der Waals surface area (Å²) in [6.45, 7) is 0. The molecule has 19 heteroatoms. The summed E-state index contributed by atoms with van der Waals surface area (Å²) < 4.78 is 246. The van der Waals surface area contributed by atoms with Gasteiger partial charge >= 0.3 is 37.1 Å². The molecule has 0 heterocycles. The fourth-order valence-corrected chi connectivity index (χ4v) is 6.44. The minimum absolute atomic E-state index is 0.0562. The summed E-state index contributed by atoms with van der Waals surface area (Å²) in [5.74, 6) is 0. The average Bonchev–Trinajstić information content (AvgIpc) is 3.16. The molecule has 6 rings (SSSR count). The molecule has 0 atom stereocenters. The van der Waals surface area contributed by atoms with Gasteiger partial charge in [0.05, 0.1) is 33.4 Å². The van der Waals surface area contributed by atoms with Crippen molar-refractivity contribution in [1.29, 1.82) is 0 Å². The highest BCUT2D eigenvalue weighted by molar-refractivity contribution is 5.82. The Balaban J connectivity index is 1.47. The van der Waals surface area contributed by atoms with Crippen molar-refractivity contribution in [2.75, 3.05) is 4.90 Å². The van der Waals surface area contributed by atoms with Gasteiger partial charge in [0.15, 0.2) is 0 Å². The van der Waals surface area contributed by atoms with Crippen molar-refractivity contribution in [2.45, 2.75) is 37.1 Å². The second-order valence-corrected chi connectivity index (χ2v) is 13.2. The molecule has 0 amide bonds. The van der Waals surface area contributed by atoms with E-state index in [0.29, 0.717) is 36.4 Å². The van der Waals surface area contributed by atoms with Gasteiger partial charge < -0.3 is 4.90 Å². The summed E-state index contributed by atoms with van der Waals surface area (Å²) in [5, 5.41) is 0. The van der Waals surface area contributed by atoms with Gasteiger partial charge in [-0.1, -0.05) is 54.6 Å². The number of rotatable bonds is 6. The van der Waals surface area contributed by atoms with E-state index in [0.717, 1.165) is 36.4 Å². The van der Waals surface area contributed by atoms with Crippen molar-refractivity contribution in [3.05, 3.63) is 161 Å². The third-order valence-corrected chi connectivity index (χ3v) is 9.27. The SMILES string of the molecule is FC(F)(F)c1ccc(-c2ccc(N(c3ccc(-c4ccc(C(F)(F)F)cc4C(F)(F)F)cc3)c3ccc(-c4ccc(C(F)(F)F)cc4C(F)(F)F)cc3)cc2)c(C(F)(F)F)c1. The number of halogens is 18. The Bertz CT molecular complexity index is 2240. The van der Waals surface area contributed by atoms with Crippen molar-refractivity contribution in [3.63, 3.8) is 0 Å². The Labute approximate surface area is 332 Å². The highest BCUT2D eigenvalue weighted by atomic mass is 19.4. The molecule has 6 aromatic rings. The molecule has 0 bridgehead atoms. The Morgan fingerprint density at radius 2 is 0.459 bits per heavy atom. The minimum Gasteiger partial charge on any atom is -0.311 e. The first-order chi connectivity index (χ1) is 28.0. The highest BCUT2D eigenvalue weighted by Gasteiger charge is 2.41. The van der Waals surface area contributed by atoms with E-state index in [1.165, 1.54) is 41.3 Å². The van der Waals surface area contributed by atoms with E-state index in [-0.39, 0.29) is 52.0 Å². The van der Waals surface area contributed by atoms with Gasteiger partial charge in [0.2, 0.25) is 0 Å². The first-order valence-corrected chi connectivity index (χ1v) is 17.0. The van der Waals surface area contributed by atoms with Crippen LogP contribution in [0.25, 0.3) is 33.4 Å². The monoisotopic (exact) mass is 881 g/mol. The number of alkyl halides is 18. The van der Waals surface area contributed by atoms with Gasteiger partial charge in [-0.05, 0) is 106 Å². The maximum absolute atomic E-state index is 14.0. The van der Waals surface area contributed by atoms with Gasteiger partial charge in [0, 0.05) is 17.1 Å². The molecule has 0 aliphatic carbocycles.